The van der Waals surface area contributed by atoms with Crippen LogP contribution >= 0.6 is 0 Å². The van der Waals surface area contributed by atoms with Crippen molar-refractivity contribution in [2.45, 2.75) is 74.7 Å². The Hall–Kier alpha value is -0.740. The van der Waals surface area contributed by atoms with Crippen LogP contribution in [0.1, 0.15) is 74.7 Å². The number of rotatable bonds is 8. The zero-order valence-corrected chi connectivity index (χ0v) is 15.1. The predicted molar refractivity (Wildman–Crippen MR) is 92.9 cm³/mol. The highest BCUT2D eigenvalue weighted by molar-refractivity contribution is 5.05. The molecule has 0 aromatic heterocycles. The molecule has 20 heavy (non-hydrogen) atoms. The van der Waals surface area contributed by atoms with Gasteiger partial charge in [0.05, 0.1) is 0 Å². The molecule has 0 spiro atoms. The Labute approximate surface area is 128 Å². The van der Waals surface area contributed by atoms with Crippen LogP contribution in [-0.2, 0) is 0 Å². The lowest BCUT2D eigenvalue weighted by Crippen LogP contribution is -2.30. The first-order chi connectivity index (χ1) is 9.27. The van der Waals surface area contributed by atoms with Gasteiger partial charge in [0.1, 0.15) is 0 Å². The van der Waals surface area contributed by atoms with E-state index in [1.165, 1.54) is 12.0 Å². The molecule has 0 aliphatic carbocycles. The van der Waals surface area contributed by atoms with E-state index in [2.05, 4.69) is 79.3 Å². The monoisotopic (exact) mass is 276 g/mol. The first-order valence-corrected chi connectivity index (χ1v) is 8.30. The summed E-state index contributed by atoms with van der Waals surface area (Å²) in [7, 11) is 0. The Balaban J connectivity index is 4.87. The van der Waals surface area contributed by atoms with E-state index in [4.69, 9.17) is 0 Å². The van der Waals surface area contributed by atoms with Crippen molar-refractivity contribution in [3.8, 4) is 0 Å². The molecular weight excluding hydrogens is 240 g/mol. The lowest BCUT2D eigenvalue weighted by molar-refractivity contribution is 0.141. The van der Waals surface area contributed by atoms with Crippen molar-refractivity contribution in [1.29, 1.82) is 0 Å². The number of allylic oxidation sites excluding steroid dienone is 3. The van der Waals surface area contributed by atoms with Crippen LogP contribution < -0.4 is 0 Å². The molecule has 0 aliphatic heterocycles. The summed E-state index contributed by atoms with van der Waals surface area (Å²) in [6.45, 7) is 18.5. The molecule has 0 heterocycles. The fourth-order valence-corrected chi connectivity index (χ4v) is 2.66. The van der Waals surface area contributed by atoms with Crippen LogP contribution in [-0.4, -0.2) is 0 Å². The Morgan fingerprint density at radius 2 is 1.80 bits per heavy atom. The first kappa shape index (κ1) is 19.3. The van der Waals surface area contributed by atoms with E-state index in [-0.39, 0.29) is 0 Å². The first-order valence-electron chi connectivity index (χ1n) is 8.30. The molecular formula is C20H36. The Morgan fingerprint density at radius 3 is 2.30 bits per heavy atom. The van der Waals surface area contributed by atoms with Gasteiger partial charge in [-0.2, -0.15) is 0 Å². The summed E-state index contributed by atoms with van der Waals surface area (Å²) >= 11 is 0. The summed E-state index contributed by atoms with van der Waals surface area (Å²) in [5.41, 5.74) is 5.25. The summed E-state index contributed by atoms with van der Waals surface area (Å²) in [6, 6.07) is 0. The third-order valence-corrected chi connectivity index (χ3v) is 5.14. The van der Waals surface area contributed by atoms with E-state index < -0.39 is 0 Å². The van der Waals surface area contributed by atoms with Gasteiger partial charge in [0.2, 0.25) is 0 Å². The summed E-state index contributed by atoms with van der Waals surface area (Å²) in [4.78, 5) is 0. The molecule has 0 nitrogen and oxygen atoms in total. The molecule has 0 heteroatoms. The number of unbranched alkanes of at least 4 members (excludes halogenated alkanes) is 1. The van der Waals surface area contributed by atoms with Gasteiger partial charge in [-0.1, -0.05) is 60.1 Å². The highest BCUT2D eigenvalue weighted by atomic mass is 14.4. The highest BCUT2D eigenvalue weighted by Crippen LogP contribution is 2.40. The summed E-state index contributed by atoms with van der Waals surface area (Å²) in [5.74, 6) is 1.97. The van der Waals surface area contributed by atoms with Gasteiger partial charge in [0.25, 0.3) is 0 Å². The molecule has 0 fully saturated rings. The third kappa shape index (κ3) is 6.14. The van der Waals surface area contributed by atoms with E-state index in [1.807, 2.05) is 0 Å². The van der Waals surface area contributed by atoms with E-state index in [9.17, 15) is 0 Å². The highest BCUT2D eigenvalue weighted by Gasteiger charge is 2.31. The SMILES string of the molecule is CC=CCC(C)(C)C(C)C(C)C(C)C(C)=C=CCCC. The van der Waals surface area contributed by atoms with Gasteiger partial charge in [-0.15, -0.1) is 5.73 Å². The smallest absolute Gasteiger partial charge is 0.0130 e. The minimum Gasteiger partial charge on any atom is -0.126 e. The largest absolute Gasteiger partial charge is 0.126 e. The van der Waals surface area contributed by atoms with Crippen LogP contribution in [0.25, 0.3) is 0 Å². The second-order valence-electron chi connectivity index (χ2n) is 7.02. The topological polar surface area (TPSA) is 0 Å². The maximum Gasteiger partial charge on any atom is -0.0130 e. The van der Waals surface area contributed by atoms with Crippen LogP contribution in [0.15, 0.2) is 29.5 Å². The second-order valence-corrected chi connectivity index (χ2v) is 7.02. The van der Waals surface area contributed by atoms with Crippen molar-refractivity contribution in [3.05, 3.63) is 29.5 Å². The molecule has 0 bridgehead atoms. The van der Waals surface area contributed by atoms with Crippen molar-refractivity contribution in [2.24, 2.45) is 23.2 Å². The van der Waals surface area contributed by atoms with Gasteiger partial charge in [-0.05, 0) is 61.5 Å². The molecule has 116 valence electrons. The minimum absolute atomic E-state index is 0.355. The molecule has 0 aromatic rings. The van der Waals surface area contributed by atoms with Crippen molar-refractivity contribution in [1.82, 2.24) is 0 Å². The van der Waals surface area contributed by atoms with Crippen LogP contribution in [0.3, 0.4) is 0 Å². The molecule has 0 amide bonds. The van der Waals surface area contributed by atoms with Crippen molar-refractivity contribution < 1.29 is 0 Å². The zero-order chi connectivity index (χ0) is 15.8. The molecule has 0 aromatic carbocycles. The molecule has 0 saturated carbocycles. The summed E-state index contributed by atoms with van der Waals surface area (Å²) in [5, 5.41) is 0. The fourth-order valence-electron chi connectivity index (χ4n) is 2.66. The normalized spacial score (nSPS) is 16.6. The maximum atomic E-state index is 3.49. The lowest BCUT2D eigenvalue weighted by atomic mass is 9.67. The predicted octanol–water partition coefficient (Wildman–Crippen LogP) is 6.79. The van der Waals surface area contributed by atoms with E-state index in [0.29, 0.717) is 23.2 Å². The van der Waals surface area contributed by atoms with Crippen LogP contribution in [0, 0.1) is 23.2 Å². The van der Waals surface area contributed by atoms with E-state index >= 15 is 0 Å². The fraction of sp³-hybridized carbons (Fsp3) is 0.750. The van der Waals surface area contributed by atoms with E-state index in [0.717, 1.165) is 12.8 Å². The molecule has 0 rings (SSSR count). The van der Waals surface area contributed by atoms with Gasteiger partial charge in [0, 0.05) is 0 Å². The van der Waals surface area contributed by atoms with Gasteiger partial charge in [-0.3, -0.25) is 0 Å². The van der Waals surface area contributed by atoms with Crippen molar-refractivity contribution in [2.75, 3.05) is 0 Å². The molecule has 0 radical (unpaired) electrons. The standard InChI is InChI=1S/C20H36/c1-9-11-13-14-16(3)17(4)18(5)19(6)20(7,8)15-12-10-2/h10,12-13,17-19H,9,11,15H2,1-8H3. The molecule has 0 aliphatic rings. The van der Waals surface area contributed by atoms with Gasteiger partial charge >= 0.3 is 0 Å². The van der Waals surface area contributed by atoms with Gasteiger partial charge < -0.3 is 0 Å². The third-order valence-electron chi connectivity index (χ3n) is 5.14. The van der Waals surface area contributed by atoms with Crippen LogP contribution in [0.2, 0.25) is 0 Å². The second kappa shape index (κ2) is 9.24. The van der Waals surface area contributed by atoms with Crippen LogP contribution in [0.5, 0.6) is 0 Å². The molecule has 0 N–H and O–H groups in total. The minimum atomic E-state index is 0.355. The average molecular weight is 277 g/mol. The lowest BCUT2D eigenvalue weighted by Gasteiger charge is -2.38. The molecule has 3 atom stereocenters. The maximum absolute atomic E-state index is 3.49. The van der Waals surface area contributed by atoms with Crippen LogP contribution in [0.4, 0.5) is 0 Å². The Morgan fingerprint density at radius 1 is 1.20 bits per heavy atom. The Kier molecular flexibility index (Phi) is 8.90. The van der Waals surface area contributed by atoms with E-state index in [1.54, 1.807) is 0 Å². The molecule has 3 unspecified atom stereocenters. The number of hydrogen-bond donors (Lipinski definition) is 0. The van der Waals surface area contributed by atoms with Gasteiger partial charge in [0.15, 0.2) is 0 Å². The Bertz CT molecular complexity index is 350. The summed E-state index contributed by atoms with van der Waals surface area (Å²) in [6.07, 6.45) is 10.2. The average Bonchev–Trinajstić information content (AvgIpc) is 2.42. The van der Waals surface area contributed by atoms with Crippen molar-refractivity contribution >= 4 is 0 Å². The van der Waals surface area contributed by atoms with Crippen molar-refractivity contribution in [3.63, 3.8) is 0 Å². The quantitative estimate of drug-likeness (QED) is 0.338. The zero-order valence-electron chi connectivity index (χ0n) is 15.1. The summed E-state index contributed by atoms with van der Waals surface area (Å²) < 4.78 is 0. The molecule has 0 saturated heterocycles. The van der Waals surface area contributed by atoms with Gasteiger partial charge in [-0.25, -0.2) is 0 Å². The number of hydrogen-bond acceptors (Lipinski definition) is 0.